The van der Waals surface area contributed by atoms with E-state index in [1.54, 1.807) is 24.8 Å². The van der Waals surface area contributed by atoms with E-state index in [9.17, 15) is 4.79 Å². The van der Waals surface area contributed by atoms with Crippen LogP contribution in [0.1, 0.15) is 35.7 Å². The van der Waals surface area contributed by atoms with Crippen molar-refractivity contribution in [1.82, 2.24) is 19.9 Å². The number of rotatable bonds is 6. The second-order valence-electron chi connectivity index (χ2n) is 6.01. The molecule has 132 valence electrons. The van der Waals surface area contributed by atoms with Gasteiger partial charge in [0.25, 0.3) is 5.91 Å². The zero-order chi connectivity index (χ0) is 17.5. The zero-order valence-corrected chi connectivity index (χ0v) is 14.4. The molecule has 7 heteroatoms. The summed E-state index contributed by atoms with van der Waals surface area (Å²) in [4.78, 5) is 26.9. The van der Waals surface area contributed by atoms with Crippen molar-refractivity contribution in [2.24, 2.45) is 0 Å². The molecule has 3 heterocycles. The van der Waals surface area contributed by atoms with Crippen LogP contribution in [0.15, 0.2) is 36.9 Å². The highest BCUT2D eigenvalue weighted by Crippen LogP contribution is 2.17. The summed E-state index contributed by atoms with van der Waals surface area (Å²) in [7, 11) is 0. The maximum absolute atomic E-state index is 12.6. The van der Waals surface area contributed by atoms with Crippen molar-refractivity contribution in [3.05, 3.63) is 48.0 Å². The third-order valence-corrected chi connectivity index (χ3v) is 4.11. The Morgan fingerprint density at radius 3 is 2.92 bits per heavy atom. The molecule has 0 saturated carbocycles. The molecule has 1 amide bonds. The second-order valence-corrected chi connectivity index (χ2v) is 6.01. The Morgan fingerprint density at radius 1 is 1.36 bits per heavy atom. The molecule has 2 aromatic rings. The number of piperidine rings is 1. The number of hydrogen-bond donors (Lipinski definition) is 1. The van der Waals surface area contributed by atoms with Crippen LogP contribution in [0.5, 0.6) is 0 Å². The molecule has 3 rings (SSSR count). The zero-order valence-electron chi connectivity index (χ0n) is 14.4. The summed E-state index contributed by atoms with van der Waals surface area (Å²) in [6, 6.07) is 3.88. The average Bonchev–Trinajstić information content (AvgIpc) is 2.68. The van der Waals surface area contributed by atoms with Crippen LogP contribution in [0.2, 0.25) is 0 Å². The van der Waals surface area contributed by atoms with Gasteiger partial charge in [0, 0.05) is 44.4 Å². The third kappa shape index (κ3) is 4.73. The van der Waals surface area contributed by atoms with Crippen LogP contribution in [0, 0.1) is 0 Å². The van der Waals surface area contributed by atoms with Gasteiger partial charge < -0.3 is 15.0 Å². The van der Waals surface area contributed by atoms with Crippen molar-refractivity contribution in [3.8, 4) is 0 Å². The largest absolute Gasteiger partial charge is 0.372 e. The van der Waals surface area contributed by atoms with Gasteiger partial charge in [0.1, 0.15) is 0 Å². The van der Waals surface area contributed by atoms with E-state index in [0.29, 0.717) is 24.7 Å². The van der Waals surface area contributed by atoms with Gasteiger partial charge in [0.2, 0.25) is 5.95 Å². The molecule has 0 aromatic carbocycles. The lowest BCUT2D eigenvalue weighted by Crippen LogP contribution is -2.43. The monoisotopic (exact) mass is 341 g/mol. The molecule has 2 aromatic heterocycles. The van der Waals surface area contributed by atoms with Gasteiger partial charge >= 0.3 is 0 Å². The van der Waals surface area contributed by atoms with Crippen molar-refractivity contribution < 1.29 is 9.53 Å². The molecule has 0 aliphatic carbocycles. The van der Waals surface area contributed by atoms with Crippen molar-refractivity contribution in [3.63, 3.8) is 0 Å². The fourth-order valence-electron chi connectivity index (χ4n) is 2.83. The fourth-order valence-corrected chi connectivity index (χ4v) is 2.83. The molecule has 1 saturated heterocycles. The van der Waals surface area contributed by atoms with Crippen molar-refractivity contribution in [1.29, 1.82) is 0 Å². The summed E-state index contributed by atoms with van der Waals surface area (Å²) in [5.41, 5.74) is 1.55. The van der Waals surface area contributed by atoms with Gasteiger partial charge in [-0.3, -0.25) is 9.78 Å². The number of carbonyl (C=O) groups excluding carboxylic acids is 1. The predicted octanol–water partition coefficient (Wildman–Crippen LogP) is 2.12. The first-order valence-electron chi connectivity index (χ1n) is 8.62. The highest BCUT2D eigenvalue weighted by Gasteiger charge is 2.25. The predicted molar refractivity (Wildman–Crippen MR) is 94.1 cm³/mol. The van der Waals surface area contributed by atoms with Crippen LogP contribution in [0.3, 0.4) is 0 Å². The Bertz CT molecular complexity index is 678. The molecule has 1 aliphatic heterocycles. The molecule has 1 atom stereocenters. The van der Waals surface area contributed by atoms with Gasteiger partial charge in [-0.2, -0.15) is 0 Å². The molecule has 1 aliphatic rings. The molecule has 7 nitrogen and oxygen atoms in total. The summed E-state index contributed by atoms with van der Waals surface area (Å²) in [6.07, 6.45) is 8.63. The van der Waals surface area contributed by atoms with Crippen LogP contribution in [-0.2, 0) is 11.3 Å². The molecule has 1 N–H and O–H groups in total. The molecule has 0 spiro atoms. The Labute approximate surface area is 147 Å². The van der Waals surface area contributed by atoms with Crippen LogP contribution in [0.4, 0.5) is 5.95 Å². The minimum Gasteiger partial charge on any atom is -0.372 e. The van der Waals surface area contributed by atoms with Gasteiger partial charge in [-0.1, -0.05) is 6.07 Å². The number of nitrogens with one attached hydrogen (secondary N) is 1. The van der Waals surface area contributed by atoms with Crippen molar-refractivity contribution in [2.75, 3.05) is 25.0 Å². The fraction of sp³-hybridized carbons (Fsp3) is 0.444. The summed E-state index contributed by atoms with van der Waals surface area (Å²) >= 11 is 0. The number of amides is 1. The SMILES string of the molecule is CCNc1ncc(C(=O)N2CCC[C@H](OCc3cccnc3)C2)cn1. The first-order chi connectivity index (χ1) is 12.3. The van der Waals surface area contributed by atoms with Gasteiger partial charge in [-0.25, -0.2) is 9.97 Å². The highest BCUT2D eigenvalue weighted by molar-refractivity contribution is 5.93. The van der Waals surface area contributed by atoms with E-state index in [4.69, 9.17) is 4.74 Å². The summed E-state index contributed by atoms with van der Waals surface area (Å²) in [5.74, 6) is 0.494. The molecular formula is C18H23N5O2. The van der Waals surface area contributed by atoms with E-state index < -0.39 is 0 Å². The third-order valence-electron chi connectivity index (χ3n) is 4.11. The maximum atomic E-state index is 12.6. The van der Waals surface area contributed by atoms with Crippen LogP contribution in [-0.4, -0.2) is 51.5 Å². The van der Waals surface area contributed by atoms with E-state index in [1.165, 1.54) is 0 Å². The molecule has 0 radical (unpaired) electrons. The standard InChI is InChI=1S/C18H23N5O2/c1-2-20-18-21-10-15(11-22-18)17(24)23-8-4-6-16(12-23)25-13-14-5-3-7-19-9-14/h3,5,7,9-11,16H,2,4,6,8,12-13H2,1H3,(H,20,21,22)/t16-/m0/s1. The van der Waals surface area contributed by atoms with Gasteiger partial charge in [0.15, 0.2) is 0 Å². The van der Waals surface area contributed by atoms with Crippen molar-refractivity contribution >= 4 is 11.9 Å². The molecule has 1 fully saturated rings. The van der Waals surface area contributed by atoms with E-state index in [-0.39, 0.29) is 12.0 Å². The van der Waals surface area contributed by atoms with Crippen molar-refractivity contribution in [2.45, 2.75) is 32.5 Å². The Kier molecular flexibility index (Phi) is 5.90. The average molecular weight is 341 g/mol. The lowest BCUT2D eigenvalue weighted by molar-refractivity contribution is -0.00683. The van der Waals surface area contributed by atoms with E-state index in [1.807, 2.05) is 24.0 Å². The van der Waals surface area contributed by atoms with E-state index in [0.717, 1.165) is 31.5 Å². The Hall–Kier alpha value is -2.54. The summed E-state index contributed by atoms with van der Waals surface area (Å²) in [5, 5.41) is 3.02. The summed E-state index contributed by atoms with van der Waals surface area (Å²) in [6.45, 7) is 4.56. The number of hydrogen-bond acceptors (Lipinski definition) is 6. The molecule has 0 bridgehead atoms. The van der Waals surface area contributed by atoms with E-state index >= 15 is 0 Å². The van der Waals surface area contributed by atoms with Gasteiger partial charge in [0.05, 0.1) is 18.3 Å². The number of anilines is 1. The number of carbonyl (C=O) groups is 1. The lowest BCUT2D eigenvalue weighted by atomic mass is 10.1. The molecule has 25 heavy (non-hydrogen) atoms. The van der Waals surface area contributed by atoms with Crippen LogP contribution in [0.25, 0.3) is 0 Å². The first-order valence-corrected chi connectivity index (χ1v) is 8.62. The summed E-state index contributed by atoms with van der Waals surface area (Å²) < 4.78 is 5.96. The highest BCUT2D eigenvalue weighted by atomic mass is 16.5. The number of ether oxygens (including phenoxy) is 1. The van der Waals surface area contributed by atoms with Gasteiger partial charge in [-0.05, 0) is 31.4 Å². The van der Waals surface area contributed by atoms with Gasteiger partial charge in [-0.15, -0.1) is 0 Å². The number of pyridine rings is 1. The number of aromatic nitrogens is 3. The second kappa shape index (κ2) is 8.53. The van der Waals surface area contributed by atoms with Crippen LogP contribution >= 0.6 is 0 Å². The molecular weight excluding hydrogens is 318 g/mol. The number of nitrogens with zero attached hydrogens (tertiary/aromatic N) is 4. The molecule has 0 unspecified atom stereocenters. The van der Waals surface area contributed by atoms with E-state index in [2.05, 4.69) is 20.3 Å². The lowest BCUT2D eigenvalue weighted by Gasteiger charge is -2.32. The maximum Gasteiger partial charge on any atom is 0.257 e. The van der Waals surface area contributed by atoms with Crippen LogP contribution < -0.4 is 5.32 Å². The Morgan fingerprint density at radius 2 is 2.20 bits per heavy atom. The minimum absolute atomic E-state index is 0.0415. The first kappa shape index (κ1) is 17.3. The quantitative estimate of drug-likeness (QED) is 0.867. The Balaban J connectivity index is 1.55. The minimum atomic E-state index is -0.0438. The normalized spacial score (nSPS) is 17.3. The smallest absolute Gasteiger partial charge is 0.257 e. The topological polar surface area (TPSA) is 80.2 Å². The number of likely N-dealkylation sites (tertiary alicyclic amines) is 1.